The molecular formula is C41H31N3Si. The van der Waals surface area contributed by atoms with Crippen molar-refractivity contribution in [3.8, 4) is 67.5 Å². The molecule has 0 atom stereocenters. The van der Waals surface area contributed by atoms with Gasteiger partial charge in [-0.05, 0) is 55.9 Å². The van der Waals surface area contributed by atoms with Gasteiger partial charge in [0.2, 0.25) is 0 Å². The summed E-state index contributed by atoms with van der Waals surface area (Å²) in [4.78, 5) is 15.6. The summed E-state index contributed by atoms with van der Waals surface area (Å²) < 4.78 is 0. The van der Waals surface area contributed by atoms with E-state index >= 15 is 0 Å². The average Bonchev–Trinajstić information content (AvgIpc) is 3.35. The molecule has 3 nitrogen and oxygen atoms in total. The highest BCUT2D eigenvalue weighted by Crippen LogP contribution is 2.38. The van der Waals surface area contributed by atoms with Crippen molar-refractivity contribution < 1.29 is 0 Å². The molecule has 1 aliphatic rings. The highest BCUT2D eigenvalue weighted by molar-refractivity contribution is 7.04. The third-order valence-electron chi connectivity index (χ3n) is 8.97. The molecule has 0 bridgehead atoms. The Hall–Kier alpha value is -5.45. The van der Waals surface area contributed by atoms with E-state index in [1.807, 2.05) is 18.2 Å². The van der Waals surface area contributed by atoms with Gasteiger partial charge in [0.25, 0.3) is 0 Å². The summed E-state index contributed by atoms with van der Waals surface area (Å²) in [5, 5.41) is 2.90. The molecule has 0 spiro atoms. The molecule has 1 aromatic heterocycles. The van der Waals surface area contributed by atoms with E-state index in [1.165, 1.54) is 27.1 Å². The smallest absolute Gasteiger partial charge is 0.164 e. The predicted octanol–water partition coefficient (Wildman–Crippen LogP) is 9.01. The molecule has 4 heteroatoms. The molecular weight excluding hydrogens is 563 g/mol. The van der Waals surface area contributed by atoms with Crippen molar-refractivity contribution in [2.24, 2.45) is 0 Å². The molecule has 1 aliphatic heterocycles. The molecule has 0 radical (unpaired) electrons. The standard InChI is InChI=1S/C41H31N3Si/c1-45(2)36-23-13-12-21-33(36)38-34(22-14-24-37(38)45)41-43-39(30-19-10-5-11-20-30)42-40(44-41)32-26-25-31(28-15-6-3-7-16-28)27-35(32)29-17-8-4-9-18-29/h3-27H,1-2H3. The van der Waals surface area contributed by atoms with Crippen molar-refractivity contribution in [3.05, 3.63) is 152 Å². The molecule has 7 aromatic rings. The first-order chi connectivity index (χ1) is 22.1. The molecule has 0 N–H and O–H groups in total. The number of fused-ring (bicyclic) bond motifs is 3. The molecule has 8 rings (SSSR count). The minimum Gasteiger partial charge on any atom is -0.208 e. The van der Waals surface area contributed by atoms with Crippen LogP contribution in [0.2, 0.25) is 13.1 Å². The van der Waals surface area contributed by atoms with Crippen LogP contribution in [0.15, 0.2) is 152 Å². The Bertz CT molecular complexity index is 2180. The van der Waals surface area contributed by atoms with Gasteiger partial charge < -0.3 is 0 Å². The van der Waals surface area contributed by atoms with Crippen LogP contribution in [-0.4, -0.2) is 23.0 Å². The summed E-state index contributed by atoms with van der Waals surface area (Å²) in [5.74, 6) is 2.03. The molecule has 0 saturated heterocycles. The predicted molar refractivity (Wildman–Crippen MR) is 189 cm³/mol. The Balaban J connectivity index is 1.39. The summed E-state index contributed by atoms with van der Waals surface area (Å²) in [5.41, 5.74) is 10.1. The summed E-state index contributed by atoms with van der Waals surface area (Å²) >= 11 is 0. The maximum absolute atomic E-state index is 5.28. The van der Waals surface area contributed by atoms with E-state index in [1.54, 1.807) is 0 Å². The van der Waals surface area contributed by atoms with Crippen molar-refractivity contribution in [1.29, 1.82) is 0 Å². The van der Waals surface area contributed by atoms with Gasteiger partial charge >= 0.3 is 0 Å². The lowest BCUT2D eigenvalue weighted by Gasteiger charge is -2.19. The fourth-order valence-corrected chi connectivity index (χ4v) is 9.77. The summed E-state index contributed by atoms with van der Waals surface area (Å²) in [7, 11) is -1.86. The zero-order valence-electron chi connectivity index (χ0n) is 25.3. The van der Waals surface area contributed by atoms with Crippen LogP contribution < -0.4 is 10.4 Å². The number of nitrogens with zero attached hydrogens (tertiary/aromatic N) is 3. The third-order valence-corrected chi connectivity index (χ3v) is 12.5. The fraction of sp³-hybridized carbons (Fsp3) is 0.0488. The number of rotatable bonds is 5. The van der Waals surface area contributed by atoms with Crippen molar-refractivity contribution in [3.63, 3.8) is 0 Å². The minimum absolute atomic E-state index is 0.665. The zero-order valence-corrected chi connectivity index (χ0v) is 26.3. The third kappa shape index (κ3) is 4.71. The van der Waals surface area contributed by atoms with Crippen molar-refractivity contribution >= 4 is 18.4 Å². The number of hydrogen-bond acceptors (Lipinski definition) is 3. The second-order valence-electron chi connectivity index (χ2n) is 12.1. The lowest BCUT2D eigenvalue weighted by atomic mass is 9.94. The topological polar surface area (TPSA) is 38.7 Å². The molecule has 0 saturated carbocycles. The molecule has 0 amide bonds. The minimum atomic E-state index is -1.86. The van der Waals surface area contributed by atoms with Gasteiger partial charge in [-0.15, -0.1) is 0 Å². The maximum atomic E-state index is 5.28. The van der Waals surface area contributed by atoms with Gasteiger partial charge in [0.05, 0.1) is 0 Å². The van der Waals surface area contributed by atoms with Gasteiger partial charge in [0, 0.05) is 16.7 Å². The number of hydrogen-bond donors (Lipinski definition) is 0. The van der Waals surface area contributed by atoms with Crippen LogP contribution in [0.25, 0.3) is 67.5 Å². The van der Waals surface area contributed by atoms with E-state index in [4.69, 9.17) is 15.0 Å². The Morgan fingerprint density at radius 3 is 1.60 bits per heavy atom. The largest absolute Gasteiger partial charge is 0.208 e. The summed E-state index contributed by atoms with van der Waals surface area (Å²) in [6.07, 6.45) is 0. The van der Waals surface area contributed by atoms with Gasteiger partial charge in [0.1, 0.15) is 8.07 Å². The van der Waals surface area contributed by atoms with Crippen molar-refractivity contribution in [2.75, 3.05) is 0 Å². The first-order valence-electron chi connectivity index (χ1n) is 15.4. The molecule has 45 heavy (non-hydrogen) atoms. The second-order valence-corrected chi connectivity index (χ2v) is 16.4. The second kappa shape index (κ2) is 10.9. The van der Waals surface area contributed by atoms with Gasteiger partial charge in [-0.1, -0.05) is 153 Å². The van der Waals surface area contributed by atoms with Gasteiger partial charge in [0.15, 0.2) is 17.5 Å². The van der Waals surface area contributed by atoms with Gasteiger partial charge in [-0.2, -0.15) is 0 Å². The lowest BCUT2D eigenvalue weighted by molar-refractivity contribution is 1.08. The number of aromatic nitrogens is 3. The summed E-state index contributed by atoms with van der Waals surface area (Å²) in [6, 6.07) is 53.4. The van der Waals surface area contributed by atoms with Crippen LogP contribution in [0, 0.1) is 0 Å². The average molecular weight is 594 g/mol. The van der Waals surface area contributed by atoms with Crippen molar-refractivity contribution in [1.82, 2.24) is 15.0 Å². The molecule has 0 fully saturated rings. The SMILES string of the molecule is C[Si]1(C)c2ccccc2-c2c(-c3nc(-c4ccccc4)nc(-c4ccc(-c5ccccc5)cc4-c4ccccc4)n3)cccc21. The van der Waals surface area contributed by atoms with E-state index in [0.29, 0.717) is 17.5 Å². The van der Waals surface area contributed by atoms with Crippen LogP contribution in [0.4, 0.5) is 0 Å². The molecule has 0 unspecified atom stereocenters. The number of benzene rings is 6. The van der Waals surface area contributed by atoms with E-state index in [9.17, 15) is 0 Å². The highest BCUT2D eigenvalue weighted by atomic mass is 28.3. The zero-order chi connectivity index (χ0) is 30.4. The van der Waals surface area contributed by atoms with Gasteiger partial charge in [-0.3, -0.25) is 0 Å². The van der Waals surface area contributed by atoms with Crippen LogP contribution in [0.5, 0.6) is 0 Å². The fourth-order valence-electron chi connectivity index (χ4n) is 6.68. The molecule has 0 aliphatic carbocycles. The summed E-state index contributed by atoms with van der Waals surface area (Å²) in [6.45, 7) is 4.88. The quantitative estimate of drug-likeness (QED) is 0.187. The highest BCUT2D eigenvalue weighted by Gasteiger charge is 2.38. The van der Waals surface area contributed by atoms with Crippen LogP contribution in [0.1, 0.15) is 0 Å². The first-order valence-corrected chi connectivity index (χ1v) is 18.4. The van der Waals surface area contributed by atoms with E-state index in [0.717, 1.165) is 33.4 Å². The Morgan fingerprint density at radius 1 is 0.356 bits per heavy atom. The monoisotopic (exact) mass is 593 g/mol. The lowest BCUT2D eigenvalue weighted by Crippen LogP contribution is -2.49. The van der Waals surface area contributed by atoms with Crippen LogP contribution >= 0.6 is 0 Å². The van der Waals surface area contributed by atoms with Gasteiger partial charge in [-0.25, -0.2) is 15.0 Å². The van der Waals surface area contributed by atoms with Crippen LogP contribution in [0.3, 0.4) is 0 Å². The Labute approximate surface area is 265 Å². The first kappa shape index (κ1) is 27.1. The normalized spacial score (nSPS) is 12.8. The molecule has 214 valence electrons. The molecule has 2 heterocycles. The van der Waals surface area contributed by atoms with E-state index in [2.05, 4.69) is 147 Å². The maximum Gasteiger partial charge on any atom is 0.164 e. The van der Waals surface area contributed by atoms with E-state index in [-0.39, 0.29) is 0 Å². The van der Waals surface area contributed by atoms with Crippen molar-refractivity contribution in [2.45, 2.75) is 13.1 Å². The van der Waals surface area contributed by atoms with E-state index < -0.39 is 8.07 Å². The van der Waals surface area contributed by atoms with Crippen LogP contribution in [-0.2, 0) is 0 Å². The molecule has 6 aromatic carbocycles. The Kier molecular flexibility index (Phi) is 6.58. The Morgan fingerprint density at radius 2 is 0.889 bits per heavy atom.